The zero-order chi connectivity index (χ0) is 14.5. The lowest BCUT2D eigenvalue weighted by Gasteiger charge is -2.13. The lowest BCUT2D eigenvalue weighted by Crippen LogP contribution is -2.40. The molecule has 1 aliphatic rings. The summed E-state index contributed by atoms with van der Waals surface area (Å²) in [6.45, 7) is 0.409. The molecular formula is C14H15BrN2O3. The fourth-order valence-electron chi connectivity index (χ4n) is 2.03. The smallest absolute Gasteiger partial charge is 0.315 e. The number of halogens is 1. The summed E-state index contributed by atoms with van der Waals surface area (Å²) in [5.74, 6) is -1.37. The number of rotatable bonds is 4. The Labute approximate surface area is 125 Å². The molecule has 1 aliphatic carbocycles. The van der Waals surface area contributed by atoms with Crippen LogP contribution in [0.4, 0.5) is 4.79 Å². The van der Waals surface area contributed by atoms with Crippen molar-refractivity contribution >= 4 is 27.9 Å². The summed E-state index contributed by atoms with van der Waals surface area (Å²) in [7, 11) is 0. The van der Waals surface area contributed by atoms with E-state index in [1.165, 1.54) is 0 Å². The maximum atomic E-state index is 11.7. The monoisotopic (exact) mass is 338 g/mol. The average Bonchev–Trinajstić information content (AvgIpc) is 2.86. The molecule has 20 heavy (non-hydrogen) atoms. The summed E-state index contributed by atoms with van der Waals surface area (Å²) < 4.78 is 0.937. The van der Waals surface area contributed by atoms with Crippen molar-refractivity contribution in [3.63, 3.8) is 0 Å². The molecule has 3 N–H and O–H groups in total. The van der Waals surface area contributed by atoms with Crippen LogP contribution in [0.3, 0.4) is 0 Å². The molecular weight excluding hydrogens is 324 g/mol. The number of urea groups is 1. The number of carbonyl (C=O) groups excluding carboxylic acids is 1. The van der Waals surface area contributed by atoms with Gasteiger partial charge in [0.2, 0.25) is 0 Å². The van der Waals surface area contributed by atoms with Crippen molar-refractivity contribution in [1.29, 1.82) is 0 Å². The molecule has 6 heteroatoms. The number of amides is 2. The van der Waals surface area contributed by atoms with Gasteiger partial charge in [0.25, 0.3) is 0 Å². The summed E-state index contributed by atoms with van der Waals surface area (Å²) in [5, 5.41) is 14.4. The molecule has 0 heterocycles. The van der Waals surface area contributed by atoms with E-state index in [0.29, 0.717) is 13.0 Å². The Hall–Kier alpha value is -1.82. The van der Waals surface area contributed by atoms with E-state index in [2.05, 4.69) is 26.6 Å². The fraction of sp³-hybridized carbons (Fsp3) is 0.286. The Morgan fingerprint density at radius 2 is 2.05 bits per heavy atom. The molecule has 2 rings (SSSR count). The van der Waals surface area contributed by atoms with Gasteiger partial charge in [0.05, 0.1) is 12.0 Å². The molecule has 0 aliphatic heterocycles. The molecule has 2 unspecified atom stereocenters. The van der Waals surface area contributed by atoms with Crippen molar-refractivity contribution in [2.24, 2.45) is 5.92 Å². The SMILES string of the molecule is O=C(NCc1ccccc1Br)NC1C=CC(C(=O)O)C1. The topological polar surface area (TPSA) is 78.4 Å². The highest BCUT2D eigenvalue weighted by Crippen LogP contribution is 2.18. The first-order chi connectivity index (χ1) is 9.56. The van der Waals surface area contributed by atoms with E-state index in [1.807, 2.05) is 24.3 Å². The Bertz CT molecular complexity index is 545. The van der Waals surface area contributed by atoms with Crippen molar-refractivity contribution in [3.05, 3.63) is 46.5 Å². The van der Waals surface area contributed by atoms with E-state index in [4.69, 9.17) is 5.11 Å². The molecule has 106 valence electrons. The second kappa shape index (κ2) is 6.56. The molecule has 0 spiro atoms. The van der Waals surface area contributed by atoms with Gasteiger partial charge in [-0.05, 0) is 18.1 Å². The predicted molar refractivity (Wildman–Crippen MR) is 78.2 cm³/mol. The van der Waals surface area contributed by atoms with Crippen LogP contribution in [0.5, 0.6) is 0 Å². The number of aliphatic carboxylic acids is 1. The molecule has 0 bridgehead atoms. The first-order valence-electron chi connectivity index (χ1n) is 6.25. The van der Waals surface area contributed by atoms with E-state index in [1.54, 1.807) is 12.2 Å². The molecule has 0 saturated carbocycles. The minimum atomic E-state index is -0.862. The Morgan fingerprint density at radius 1 is 1.30 bits per heavy atom. The standard InChI is InChI=1S/C14H15BrN2O3/c15-12-4-2-1-3-10(12)8-16-14(20)17-11-6-5-9(7-11)13(18)19/h1-6,9,11H,7-8H2,(H,18,19)(H2,16,17,20). The normalized spacial score (nSPS) is 20.6. The van der Waals surface area contributed by atoms with E-state index in [0.717, 1.165) is 10.0 Å². The number of carboxylic acids is 1. The first-order valence-corrected chi connectivity index (χ1v) is 7.04. The third-order valence-electron chi connectivity index (χ3n) is 3.11. The first kappa shape index (κ1) is 14.6. The molecule has 0 saturated heterocycles. The van der Waals surface area contributed by atoms with Crippen LogP contribution in [-0.4, -0.2) is 23.1 Å². The highest BCUT2D eigenvalue weighted by atomic mass is 79.9. The number of nitrogens with one attached hydrogen (secondary N) is 2. The Kier molecular flexibility index (Phi) is 4.79. The molecule has 2 atom stereocenters. The van der Waals surface area contributed by atoms with Gasteiger partial charge in [-0.1, -0.05) is 46.3 Å². The van der Waals surface area contributed by atoms with E-state index >= 15 is 0 Å². The van der Waals surface area contributed by atoms with Crippen LogP contribution in [0.25, 0.3) is 0 Å². The number of carboxylic acid groups (broad SMARTS) is 1. The van der Waals surface area contributed by atoms with Crippen LogP contribution in [0, 0.1) is 5.92 Å². The van der Waals surface area contributed by atoms with Gasteiger partial charge in [0.1, 0.15) is 0 Å². The van der Waals surface area contributed by atoms with Crippen LogP contribution < -0.4 is 10.6 Å². The molecule has 0 aromatic heterocycles. The third kappa shape index (κ3) is 3.84. The largest absolute Gasteiger partial charge is 0.481 e. The lowest BCUT2D eigenvalue weighted by molar-refractivity contribution is -0.140. The quantitative estimate of drug-likeness (QED) is 0.737. The van der Waals surface area contributed by atoms with Gasteiger partial charge >= 0.3 is 12.0 Å². The van der Waals surface area contributed by atoms with Crippen LogP contribution >= 0.6 is 15.9 Å². The highest BCUT2D eigenvalue weighted by molar-refractivity contribution is 9.10. The summed E-state index contributed by atoms with van der Waals surface area (Å²) >= 11 is 3.41. The van der Waals surface area contributed by atoms with Gasteiger partial charge < -0.3 is 15.7 Å². The Balaban J connectivity index is 1.78. The molecule has 0 radical (unpaired) electrons. The molecule has 5 nitrogen and oxygen atoms in total. The Morgan fingerprint density at radius 3 is 2.70 bits per heavy atom. The van der Waals surface area contributed by atoms with E-state index in [9.17, 15) is 9.59 Å². The van der Waals surface area contributed by atoms with Crippen molar-refractivity contribution in [2.45, 2.75) is 19.0 Å². The minimum Gasteiger partial charge on any atom is -0.481 e. The maximum absolute atomic E-state index is 11.7. The van der Waals surface area contributed by atoms with Gasteiger partial charge in [-0.25, -0.2) is 4.79 Å². The molecule has 1 aromatic rings. The van der Waals surface area contributed by atoms with Crippen molar-refractivity contribution in [1.82, 2.24) is 10.6 Å². The molecule has 0 fully saturated rings. The summed E-state index contributed by atoms with van der Waals surface area (Å²) in [6.07, 6.45) is 3.73. The molecule has 1 aromatic carbocycles. The summed E-state index contributed by atoms with van der Waals surface area (Å²) in [4.78, 5) is 22.5. The number of hydrogen-bond donors (Lipinski definition) is 3. The second-order valence-electron chi connectivity index (χ2n) is 4.59. The van der Waals surface area contributed by atoms with Gasteiger partial charge in [-0.2, -0.15) is 0 Å². The van der Waals surface area contributed by atoms with Gasteiger partial charge in [-0.15, -0.1) is 0 Å². The number of hydrogen-bond acceptors (Lipinski definition) is 2. The minimum absolute atomic E-state index is 0.227. The zero-order valence-corrected chi connectivity index (χ0v) is 12.3. The van der Waals surface area contributed by atoms with Gasteiger partial charge in [-0.3, -0.25) is 4.79 Å². The summed E-state index contributed by atoms with van der Waals surface area (Å²) in [6, 6.07) is 7.10. The van der Waals surface area contributed by atoms with E-state index in [-0.39, 0.29) is 12.1 Å². The highest BCUT2D eigenvalue weighted by Gasteiger charge is 2.25. The van der Waals surface area contributed by atoms with Crippen molar-refractivity contribution < 1.29 is 14.7 Å². The van der Waals surface area contributed by atoms with Crippen molar-refractivity contribution in [3.8, 4) is 0 Å². The van der Waals surface area contributed by atoms with E-state index < -0.39 is 11.9 Å². The lowest BCUT2D eigenvalue weighted by atomic mass is 10.1. The molecule has 2 amide bonds. The predicted octanol–water partition coefficient (Wildman–Crippen LogP) is 2.28. The van der Waals surface area contributed by atoms with Crippen LogP contribution in [0.1, 0.15) is 12.0 Å². The summed E-state index contributed by atoms with van der Waals surface area (Å²) in [5.41, 5.74) is 0.980. The van der Waals surface area contributed by atoms with Gasteiger partial charge in [0, 0.05) is 11.0 Å². The van der Waals surface area contributed by atoms with Crippen molar-refractivity contribution in [2.75, 3.05) is 0 Å². The van der Waals surface area contributed by atoms with Crippen LogP contribution in [0.2, 0.25) is 0 Å². The average molecular weight is 339 g/mol. The van der Waals surface area contributed by atoms with Gasteiger partial charge in [0.15, 0.2) is 0 Å². The van der Waals surface area contributed by atoms with Crippen LogP contribution in [0.15, 0.2) is 40.9 Å². The second-order valence-corrected chi connectivity index (χ2v) is 5.44. The third-order valence-corrected chi connectivity index (χ3v) is 3.89. The zero-order valence-electron chi connectivity index (χ0n) is 10.7. The number of benzene rings is 1. The fourth-order valence-corrected chi connectivity index (χ4v) is 2.45. The maximum Gasteiger partial charge on any atom is 0.315 e. The van der Waals surface area contributed by atoms with Crippen LogP contribution in [-0.2, 0) is 11.3 Å². The number of carbonyl (C=O) groups is 2.